The standard InChI is InChI=1S/C20H24N4O3/c1-12-19(13-4-7-23(12)8-5-13)22-20(26)15-9-14-16(11-27-17(14)10-21-15)24-6-2-3-18(24)25/h9-13,19H,2-8H2,1H3,(H,22,26)/t12-,19-/m0/s1. The van der Waals surface area contributed by atoms with Crippen LogP contribution in [-0.4, -0.2) is 53.4 Å². The zero-order chi connectivity index (χ0) is 18.5. The molecule has 142 valence electrons. The fourth-order valence-electron chi connectivity index (χ4n) is 4.93. The monoisotopic (exact) mass is 368 g/mol. The number of fused-ring (bicyclic) bond motifs is 4. The SMILES string of the molecule is C[C@H]1[C@H](NC(=O)c2cc3c(N4CCCC4=O)coc3cn2)C2CCN1CC2. The molecule has 2 aromatic rings. The average Bonchev–Trinajstić information content (AvgIpc) is 3.29. The second-order valence-electron chi connectivity index (χ2n) is 7.95. The van der Waals surface area contributed by atoms with E-state index in [9.17, 15) is 9.59 Å². The highest BCUT2D eigenvalue weighted by Crippen LogP contribution is 2.33. The van der Waals surface area contributed by atoms with Crippen molar-refractivity contribution in [3.8, 4) is 0 Å². The number of rotatable bonds is 3. The van der Waals surface area contributed by atoms with Gasteiger partial charge < -0.3 is 14.6 Å². The normalized spacial score (nSPS) is 30.3. The van der Waals surface area contributed by atoms with Crippen LogP contribution in [0.15, 0.2) is 22.9 Å². The third-order valence-electron chi connectivity index (χ3n) is 6.51. The van der Waals surface area contributed by atoms with E-state index in [1.54, 1.807) is 23.4 Å². The lowest BCUT2D eigenvalue weighted by molar-refractivity contribution is -0.117. The summed E-state index contributed by atoms with van der Waals surface area (Å²) >= 11 is 0. The van der Waals surface area contributed by atoms with E-state index in [4.69, 9.17) is 4.42 Å². The van der Waals surface area contributed by atoms with Crippen molar-refractivity contribution >= 4 is 28.5 Å². The van der Waals surface area contributed by atoms with E-state index in [2.05, 4.69) is 22.1 Å². The number of hydrogen-bond acceptors (Lipinski definition) is 5. The second kappa shape index (κ2) is 6.34. The predicted molar refractivity (Wildman–Crippen MR) is 101 cm³/mol. The fourth-order valence-corrected chi connectivity index (χ4v) is 4.93. The van der Waals surface area contributed by atoms with Crippen molar-refractivity contribution in [2.24, 2.45) is 5.92 Å². The molecule has 27 heavy (non-hydrogen) atoms. The molecule has 4 aliphatic heterocycles. The molecule has 4 aliphatic rings. The number of aromatic nitrogens is 1. The molecule has 2 amide bonds. The first-order chi connectivity index (χ1) is 13.1. The summed E-state index contributed by atoms with van der Waals surface area (Å²) in [6, 6.07) is 2.28. The van der Waals surface area contributed by atoms with Gasteiger partial charge in [-0.25, -0.2) is 4.98 Å². The van der Waals surface area contributed by atoms with Gasteiger partial charge in [-0.1, -0.05) is 0 Å². The lowest BCUT2D eigenvalue weighted by Crippen LogP contribution is -2.62. The van der Waals surface area contributed by atoms with Gasteiger partial charge in [-0.3, -0.25) is 14.5 Å². The number of furan rings is 1. The number of carbonyl (C=O) groups excluding carboxylic acids is 2. The molecule has 0 saturated carbocycles. The van der Waals surface area contributed by atoms with Gasteiger partial charge >= 0.3 is 0 Å². The van der Waals surface area contributed by atoms with Crippen molar-refractivity contribution in [2.45, 2.75) is 44.7 Å². The summed E-state index contributed by atoms with van der Waals surface area (Å²) in [5.41, 5.74) is 1.71. The highest BCUT2D eigenvalue weighted by Gasteiger charge is 2.40. The van der Waals surface area contributed by atoms with E-state index in [0.29, 0.717) is 36.2 Å². The molecule has 4 fully saturated rings. The summed E-state index contributed by atoms with van der Waals surface area (Å²) in [6.07, 6.45) is 6.86. The zero-order valence-corrected chi connectivity index (χ0v) is 15.5. The lowest BCUT2D eigenvalue weighted by Gasteiger charge is -2.49. The molecule has 0 spiro atoms. The molecule has 2 atom stereocenters. The fraction of sp³-hybridized carbons (Fsp3) is 0.550. The molecular formula is C20H24N4O3. The van der Waals surface area contributed by atoms with E-state index in [-0.39, 0.29) is 17.9 Å². The van der Waals surface area contributed by atoms with Gasteiger partial charge in [0, 0.05) is 30.4 Å². The molecule has 0 aromatic carbocycles. The first kappa shape index (κ1) is 16.7. The summed E-state index contributed by atoms with van der Waals surface area (Å²) in [6.45, 7) is 5.14. The third kappa shape index (κ3) is 2.72. The smallest absolute Gasteiger partial charge is 0.270 e. The van der Waals surface area contributed by atoms with Crippen LogP contribution in [0.3, 0.4) is 0 Å². The third-order valence-corrected chi connectivity index (χ3v) is 6.51. The Morgan fingerprint density at radius 1 is 1.30 bits per heavy atom. The maximum Gasteiger partial charge on any atom is 0.270 e. The maximum atomic E-state index is 12.9. The van der Waals surface area contributed by atoms with Crippen LogP contribution < -0.4 is 10.2 Å². The van der Waals surface area contributed by atoms with Crippen molar-refractivity contribution in [1.29, 1.82) is 0 Å². The van der Waals surface area contributed by atoms with Gasteiger partial charge in [0.1, 0.15) is 12.0 Å². The van der Waals surface area contributed by atoms with Crippen molar-refractivity contribution in [2.75, 3.05) is 24.5 Å². The largest absolute Gasteiger partial charge is 0.460 e. The lowest BCUT2D eigenvalue weighted by atomic mass is 9.79. The molecular weight excluding hydrogens is 344 g/mol. The molecule has 6 rings (SSSR count). The van der Waals surface area contributed by atoms with Crippen molar-refractivity contribution in [3.63, 3.8) is 0 Å². The quantitative estimate of drug-likeness (QED) is 0.898. The number of amides is 2. The van der Waals surface area contributed by atoms with Crippen LogP contribution in [0.5, 0.6) is 0 Å². The minimum Gasteiger partial charge on any atom is -0.460 e. The number of hydrogen-bond donors (Lipinski definition) is 1. The first-order valence-electron chi connectivity index (χ1n) is 9.84. The summed E-state index contributed by atoms with van der Waals surface area (Å²) in [5.74, 6) is 0.494. The van der Waals surface area contributed by atoms with Crippen molar-refractivity contribution < 1.29 is 14.0 Å². The Kier molecular flexibility index (Phi) is 3.93. The van der Waals surface area contributed by atoms with Gasteiger partial charge in [0.05, 0.1) is 11.9 Å². The van der Waals surface area contributed by atoms with Crippen LogP contribution in [0, 0.1) is 5.92 Å². The minimum absolute atomic E-state index is 0.0987. The Balaban J connectivity index is 1.41. The van der Waals surface area contributed by atoms with E-state index < -0.39 is 0 Å². The molecule has 6 heterocycles. The van der Waals surface area contributed by atoms with Crippen LogP contribution in [0.1, 0.15) is 43.1 Å². The highest BCUT2D eigenvalue weighted by molar-refractivity contribution is 6.05. The Hall–Kier alpha value is -2.41. The molecule has 0 aliphatic carbocycles. The summed E-state index contributed by atoms with van der Waals surface area (Å²) in [7, 11) is 0. The van der Waals surface area contributed by atoms with E-state index in [1.165, 1.54) is 0 Å². The Morgan fingerprint density at radius 3 is 2.81 bits per heavy atom. The van der Waals surface area contributed by atoms with Crippen LogP contribution in [-0.2, 0) is 4.79 Å². The Bertz CT molecular complexity index is 898. The molecule has 7 nitrogen and oxygen atoms in total. The molecule has 2 bridgehead atoms. The van der Waals surface area contributed by atoms with Gasteiger partial charge in [0.2, 0.25) is 5.91 Å². The summed E-state index contributed by atoms with van der Waals surface area (Å²) in [4.78, 5) is 33.5. The molecule has 4 saturated heterocycles. The van der Waals surface area contributed by atoms with Gasteiger partial charge in [0.25, 0.3) is 5.91 Å². The van der Waals surface area contributed by atoms with Crippen molar-refractivity contribution in [1.82, 2.24) is 15.2 Å². The number of piperidine rings is 3. The van der Waals surface area contributed by atoms with Crippen LogP contribution in [0.2, 0.25) is 0 Å². The molecule has 7 heteroatoms. The van der Waals surface area contributed by atoms with Gasteiger partial charge in [-0.2, -0.15) is 0 Å². The number of anilines is 1. The van der Waals surface area contributed by atoms with Crippen LogP contribution in [0.4, 0.5) is 5.69 Å². The minimum atomic E-state index is -0.151. The maximum absolute atomic E-state index is 12.9. The van der Waals surface area contributed by atoms with Crippen LogP contribution in [0.25, 0.3) is 11.0 Å². The number of pyridine rings is 1. The number of carbonyl (C=O) groups is 2. The zero-order valence-electron chi connectivity index (χ0n) is 15.5. The molecule has 0 radical (unpaired) electrons. The van der Waals surface area contributed by atoms with E-state index in [1.807, 2.05) is 0 Å². The average molecular weight is 368 g/mol. The van der Waals surface area contributed by atoms with Crippen molar-refractivity contribution in [3.05, 3.63) is 24.2 Å². The second-order valence-corrected chi connectivity index (χ2v) is 7.95. The molecule has 0 unspecified atom stereocenters. The summed E-state index contributed by atoms with van der Waals surface area (Å²) in [5, 5.41) is 3.99. The van der Waals surface area contributed by atoms with Gasteiger partial charge in [-0.15, -0.1) is 0 Å². The highest BCUT2D eigenvalue weighted by atomic mass is 16.3. The van der Waals surface area contributed by atoms with E-state index in [0.717, 1.165) is 43.4 Å². The molecule has 2 aromatic heterocycles. The predicted octanol–water partition coefficient (Wildman–Crippen LogP) is 2.17. The topological polar surface area (TPSA) is 78.7 Å². The number of nitrogens with zero attached hydrogens (tertiary/aromatic N) is 3. The van der Waals surface area contributed by atoms with Crippen LogP contribution >= 0.6 is 0 Å². The molecule has 1 N–H and O–H groups in total. The number of nitrogens with one attached hydrogen (secondary N) is 1. The Labute approximate surface area is 157 Å². The first-order valence-corrected chi connectivity index (χ1v) is 9.84. The van der Waals surface area contributed by atoms with Gasteiger partial charge in [0.15, 0.2) is 5.58 Å². The van der Waals surface area contributed by atoms with E-state index >= 15 is 0 Å². The summed E-state index contributed by atoms with van der Waals surface area (Å²) < 4.78 is 5.56. The Morgan fingerprint density at radius 2 is 2.11 bits per heavy atom. The van der Waals surface area contributed by atoms with Gasteiger partial charge in [-0.05, 0) is 51.3 Å².